The summed E-state index contributed by atoms with van der Waals surface area (Å²) in [4.78, 5) is 0. The molecule has 1 heterocycles. The lowest BCUT2D eigenvalue weighted by molar-refractivity contribution is -0.0393. The molecule has 3 N–H and O–H groups in total. The van der Waals surface area contributed by atoms with Gasteiger partial charge in [-0.05, 0) is 61.6 Å². The lowest BCUT2D eigenvalue weighted by Crippen LogP contribution is -2.33. The SMILES string of the molecule is OCc1ccc(-c2cc(C3(O)CCC(O)CC3)nn2-c2ccc(Cl)cc2)cc1. The fourth-order valence-corrected chi connectivity index (χ4v) is 3.84. The smallest absolute Gasteiger partial charge is 0.109 e. The third-order valence-electron chi connectivity index (χ3n) is 5.47. The second kappa shape index (κ2) is 7.68. The van der Waals surface area contributed by atoms with E-state index in [1.165, 1.54) is 0 Å². The van der Waals surface area contributed by atoms with Crippen LogP contribution in [-0.4, -0.2) is 31.2 Å². The molecule has 0 unspecified atom stereocenters. The number of benzene rings is 2. The Kier molecular flexibility index (Phi) is 5.25. The number of aliphatic hydroxyl groups excluding tert-OH is 2. The zero-order chi connectivity index (χ0) is 19.7. The first-order valence-electron chi connectivity index (χ1n) is 9.46. The highest BCUT2D eigenvalue weighted by atomic mass is 35.5. The molecule has 0 amide bonds. The molecule has 0 bridgehead atoms. The minimum absolute atomic E-state index is 0.00987. The molecule has 0 radical (unpaired) electrons. The molecule has 0 spiro atoms. The van der Waals surface area contributed by atoms with Crippen molar-refractivity contribution in [1.82, 2.24) is 9.78 Å². The largest absolute Gasteiger partial charge is 0.393 e. The fraction of sp³-hybridized carbons (Fsp3) is 0.318. The highest BCUT2D eigenvalue weighted by Gasteiger charge is 2.37. The van der Waals surface area contributed by atoms with Crippen LogP contribution in [0.5, 0.6) is 0 Å². The van der Waals surface area contributed by atoms with Crippen molar-refractivity contribution in [2.24, 2.45) is 0 Å². The average Bonchev–Trinajstić information content (AvgIpc) is 3.17. The van der Waals surface area contributed by atoms with Crippen molar-refractivity contribution in [3.8, 4) is 16.9 Å². The fourth-order valence-electron chi connectivity index (χ4n) is 3.71. The van der Waals surface area contributed by atoms with Crippen LogP contribution in [0, 0.1) is 0 Å². The zero-order valence-electron chi connectivity index (χ0n) is 15.4. The maximum atomic E-state index is 11.2. The average molecular weight is 399 g/mol. The first-order chi connectivity index (χ1) is 13.5. The molecule has 2 aromatic carbocycles. The van der Waals surface area contributed by atoms with Crippen LogP contribution in [0.15, 0.2) is 54.6 Å². The third-order valence-corrected chi connectivity index (χ3v) is 5.72. The minimum atomic E-state index is -1.04. The molecule has 0 atom stereocenters. The third kappa shape index (κ3) is 3.71. The highest BCUT2D eigenvalue weighted by Crippen LogP contribution is 2.38. The van der Waals surface area contributed by atoms with Gasteiger partial charge in [-0.25, -0.2) is 4.68 Å². The van der Waals surface area contributed by atoms with Crippen molar-refractivity contribution < 1.29 is 15.3 Å². The predicted octanol–water partition coefficient (Wildman–Crippen LogP) is 3.81. The van der Waals surface area contributed by atoms with E-state index >= 15 is 0 Å². The molecular weight excluding hydrogens is 376 g/mol. The van der Waals surface area contributed by atoms with E-state index in [0.29, 0.717) is 36.4 Å². The van der Waals surface area contributed by atoms with Gasteiger partial charge in [0, 0.05) is 10.6 Å². The summed E-state index contributed by atoms with van der Waals surface area (Å²) >= 11 is 6.04. The number of nitrogens with zero attached hydrogens (tertiary/aromatic N) is 2. The molecule has 4 rings (SSSR count). The summed E-state index contributed by atoms with van der Waals surface area (Å²) in [6.07, 6.45) is 1.73. The van der Waals surface area contributed by atoms with Crippen molar-refractivity contribution in [3.63, 3.8) is 0 Å². The van der Waals surface area contributed by atoms with Gasteiger partial charge in [0.15, 0.2) is 0 Å². The monoisotopic (exact) mass is 398 g/mol. The maximum absolute atomic E-state index is 11.2. The first kappa shape index (κ1) is 19.2. The van der Waals surface area contributed by atoms with E-state index in [4.69, 9.17) is 16.7 Å². The van der Waals surface area contributed by atoms with Crippen LogP contribution >= 0.6 is 11.6 Å². The van der Waals surface area contributed by atoms with E-state index in [-0.39, 0.29) is 12.7 Å². The van der Waals surface area contributed by atoms with Crippen molar-refractivity contribution in [3.05, 3.63) is 70.9 Å². The van der Waals surface area contributed by atoms with E-state index in [9.17, 15) is 15.3 Å². The number of halogens is 1. The molecule has 1 fully saturated rings. The Labute approximate surface area is 168 Å². The summed E-state index contributed by atoms with van der Waals surface area (Å²) in [6.45, 7) is -0.00987. The molecule has 146 valence electrons. The summed E-state index contributed by atoms with van der Waals surface area (Å²) in [7, 11) is 0. The van der Waals surface area contributed by atoms with Crippen molar-refractivity contribution in [1.29, 1.82) is 0 Å². The second-order valence-electron chi connectivity index (χ2n) is 7.42. The standard InChI is InChI=1S/C22H23ClN2O3/c23-17-5-7-18(8-6-17)25-20(16-3-1-15(14-26)2-4-16)13-21(24-25)22(28)11-9-19(27)10-12-22/h1-8,13,19,26-28H,9-12,14H2. The van der Waals surface area contributed by atoms with Gasteiger partial charge in [0.2, 0.25) is 0 Å². The summed E-state index contributed by atoms with van der Waals surface area (Å²) in [5.41, 5.74) is 3.02. The molecule has 28 heavy (non-hydrogen) atoms. The molecule has 1 aromatic heterocycles. The Morgan fingerprint density at radius 1 is 1.04 bits per heavy atom. The van der Waals surface area contributed by atoms with E-state index in [2.05, 4.69) is 0 Å². The number of hydrogen-bond donors (Lipinski definition) is 3. The molecule has 3 aromatic rings. The van der Waals surface area contributed by atoms with Gasteiger partial charge in [-0.15, -0.1) is 0 Å². The molecule has 0 saturated heterocycles. The van der Waals surface area contributed by atoms with Gasteiger partial charge >= 0.3 is 0 Å². The Bertz CT molecular complexity index is 943. The first-order valence-corrected chi connectivity index (χ1v) is 9.83. The summed E-state index contributed by atoms with van der Waals surface area (Å²) in [5, 5.41) is 35.7. The molecule has 6 heteroatoms. The minimum Gasteiger partial charge on any atom is -0.393 e. The van der Waals surface area contributed by atoms with Crippen LogP contribution in [0.1, 0.15) is 36.9 Å². The van der Waals surface area contributed by atoms with Gasteiger partial charge in [-0.3, -0.25) is 0 Å². The number of rotatable bonds is 4. The van der Waals surface area contributed by atoms with Gasteiger partial charge in [0.1, 0.15) is 5.60 Å². The normalized spacial score (nSPS) is 22.4. The van der Waals surface area contributed by atoms with Crippen molar-refractivity contribution in [2.45, 2.75) is 44.0 Å². The lowest BCUT2D eigenvalue weighted by atomic mass is 9.81. The van der Waals surface area contributed by atoms with Crippen molar-refractivity contribution in [2.75, 3.05) is 0 Å². The highest BCUT2D eigenvalue weighted by molar-refractivity contribution is 6.30. The Balaban J connectivity index is 1.80. The Morgan fingerprint density at radius 3 is 2.29 bits per heavy atom. The van der Waals surface area contributed by atoms with Crippen LogP contribution in [-0.2, 0) is 12.2 Å². The molecule has 1 aliphatic carbocycles. The van der Waals surface area contributed by atoms with Crippen LogP contribution < -0.4 is 0 Å². The van der Waals surface area contributed by atoms with E-state index < -0.39 is 5.60 Å². The number of hydrogen-bond acceptors (Lipinski definition) is 4. The maximum Gasteiger partial charge on any atom is 0.109 e. The predicted molar refractivity (Wildman–Crippen MR) is 108 cm³/mol. The summed E-state index contributed by atoms with van der Waals surface area (Å²) in [6, 6.07) is 16.9. The topological polar surface area (TPSA) is 78.5 Å². The Morgan fingerprint density at radius 2 is 1.68 bits per heavy atom. The Hall–Kier alpha value is -2.18. The molecular formula is C22H23ClN2O3. The molecule has 0 aliphatic heterocycles. The van der Waals surface area contributed by atoms with Gasteiger partial charge in [0.05, 0.1) is 29.8 Å². The van der Waals surface area contributed by atoms with E-state index in [0.717, 1.165) is 22.5 Å². The van der Waals surface area contributed by atoms with Crippen LogP contribution in [0.4, 0.5) is 0 Å². The second-order valence-corrected chi connectivity index (χ2v) is 7.86. The van der Waals surface area contributed by atoms with Gasteiger partial charge in [-0.2, -0.15) is 5.10 Å². The van der Waals surface area contributed by atoms with Crippen LogP contribution in [0.25, 0.3) is 16.9 Å². The summed E-state index contributed by atoms with van der Waals surface area (Å²) < 4.78 is 1.81. The quantitative estimate of drug-likeness (QED) is 0.624. The van der Waals surface area contributed by atoms with Gasteiger partial charge in [0.25, 0.3) is 0 Å². The van der Waals surface area contributed by atoms with Crippen molar-refractivity contribution >= 4 is 11.6 Å². The van der Waals surface area contributed by atoms with Gasteiger partial charge in [-0.1, -0.05) is 35.9 Å². The zero-order valence-corrected chi connectivity index (χ0v) is 16.2. The molecule has 1 aliphatic rings. The molecule has 5 nitrogen and oxygen atoms in total. The lowest BCUT2D eigenvalue weighted by Gasteiger charge is -2.32. The van der Waals surface area contributed by atoms with Crippen LogP contribution in [0.2, 0.25) is 5.02 Å². The number of aliphatic hydroxyl groups is 3. The molecule has 1 saturated carbocycles. The number of aromatic nitrogens is 2. The summed E-state index contributed by atoms with van der Waals surface area (Å²) in [5.74, 6) is 0. The van der Waals surface area contributed by atoms with Crippen LogP contribution in [0.3, 0.4) is 0 Å². The van der Waals surface area contributed by atoms with E-state index in [1.54, 1.807) is 0 Å². The van der Waals surface area contributed by atoms with E-state index in [1.807, 2.05) is 59.3 Å². The van der Waals surface area contributed by atoms with Gasteiger partial charge < -0.3 is 15.3 Å².